The molecule has 1 atom stereocenters. The lowest BCUT2D eigenvalue weighted by Crippen LogP contribution is -2.06. The summed E-state index contributed by atoms with van der Waals surface area (Å²) in [5.41, 5.74) is 0.411. The number of aromatic nitrogens is 2. The van der Waals surface area contributed by atoms with Crippen molar-refractivity contribution in [2.24, 2.45) is 0 Å². The minimum Gasteiger partial charge on any atom is -0.463 e. The van der Waals surface area contributed by atoms with E-state index >= 15 is 0 Å². The second-order valence-corrected chi connectivity index (χ2v) is 3.35. The second-order valence-electron chi connectivity index (χ2n) is 3.35. The van der Waals surface area contributed by atoms with Crippen molar-refractivity contribution in [1.29, 1.82) is 0 Å². The Morgan fingerprint density at radius 3 is 2.76 bits per heavy atom. The lowest BCUT2D eigenvalue weighted by molar-refractivity contribution is -0.138. The Kier molecular flexibility index (Phi) is 4.81. The number of esters is 1. The third-order valence-corrected chi connectivity index (χ3v) is 2.03. The number of hydrogen-bond donors (Lipinski definition) is 0. The molecule has 0 amide bonds. The second kappa shape index (κ2) is 6.12. The zero-order chi connectivity index (χ0) is 12.8. The molecule has 1 heterocycles. The van der Waals surface area contributed by atoms with Gasteiger partial charge in [-0.05, 0) is 20.3 Å². The van der Waals surface area contributed by atoms with Gasteiger partial charge in [0, 0.05) is 11.6 Å². The third-order valence-electron chi connectivity index (χ3n) is 2.03. The van der Waals surface area contributed by atoms with Gasteiger partial charge in [0.2, 0.25) is 5.82 Å². The van der Waals surface area contributed by atoms with E-state index in [4.69, 9.17) is 9.26 Å². The van der Waals surface area contributed by atoms with E-state index in [9.17, 15) is 9.18 Å². The van der Waals surface area contributed by atoms with Gasteiger partial charge in [-0.3, -0.25) is 0 Å². The van der Waals surface area contributed by atoms with Gasteiger partial charge in [-0.1, -0.05) is 12.1 Å². The fraction of sp³-hybridized carbons (Fsp3) is 0.545. The molecule has 0 saturated carbocycles. The highest BCUT2D eigenvalue weighted by Gasteiger charge is 2.14. The number of carbonyl (C=O) groups is 1. The Hall–Kier alpha value is -1.72. The summed E-state index contributed by atoms with van der Waals surface area (Å²) < 4.78 is 22.5. The number of halogens is 1. The van der Waals surface area contributed by atoms with E-state index in [-0.39, 0.29) is 11.7 Å². The lowest BCUT2D eigenvalue weighted by Gasteiger charge is -2.02. The first-order valence-corrected chi connectivity index (χ1v) is 5.43. The fourth-order valence-electron chi connectivity index (χ4n) is 1.15. The summed E-state index contributed by atoms with van der Waals surface area (Å²) in [6, 6.07) is 0. The van der Waals surface area contributed by atoms with E-state index in [1.807, 2.05) is 0 Å². The number of nitrogens with zero attached hydrogens (tertiary/aromatic N) is 2. The number of carbonyl (C=O) groups excluding carboxylic acids is 1. The van der Waals surface area contributed by atoms with Gasteiger partial charge in [0.25, 0.3) is 5.89 Å². The standard InChI is InChI=1S/C11H15FN2O3/c1-4-8(11(15)16-5-2)6-9-13-10(7(3)12)14-17-9/h6-7H,4-5H2,1-3H3/b8-6+/t7-/m0/s1. The summed E-state index contributed by atoms with van der Waals surface area (Å²) in [7, 11) is 0. The topological polar surface area (TPSA) is 65.2 Å². The molecule has 0 N–H and O–H groups in total. The Morgan fingerprint density at radius 2 is 2.29 bits per heavy atom. The van der Waals surface area contributed by atoms with Crippen LogP contribution in [0.1, 0.15) is 45.1 Å². The maximum absolute atomic E-state index is 12.8. The summed E-state index contributed by atoms with van der Waals surface area (Å²) in [5.74, 6) is -0.354. The Balaban J connectivity index is 2.86. The van der Waals surface area contributed by atoms with Crippen LogP contribution in [0.3, 0.4) is 0 Å². The molecule has 6 heteroatoms. The van der Waals surface area contributed by atoms with Crippen LogP contribution in [0.2, 0.25) is 0 Å². The van der Waals surface area contributed by atoms with Crippen LogP contribution in [-0.4, -0.2) is 22.7 Å². The van der Waals surface area contributed by atoms with Crippen molar-refractivity contribution >= 4 is 12.0 Å². The van der Waals surface area contributed by atoms with Gasteiger partial charge >= 0.3 is 5.97 Å². The molecule has 94 valence electrons. The molecule has 0 fully saturated rings. The third kappa shape index (κ3) is 3.65. The molecule has 0 saturated heterocycles. The SMILES string of the molecule is CCOC(=O)/C(=C/c1nc([C@H](C)F)no1)CC. The van der Waals surface area contributed by atoms with Gasteiger partial charge in [-0.15, -0.1) is 0 Å². The van der Waals surface area contributed by atoms with Crippen LogP contribution in [0.4, 0.5) is 4.39 Å². The predicted molar refractivity (Wildman–Crippen MR) is 58.7 cm³/mol. The minimum absolute atomic E-state index is 0.0319. The van der Waals surface area contributed by atoms with Crippen LogP contribution in [0.25, 0.3) is 6.08 Å². The van der Waals surface area contributed by atoms with Crippen LogP contribution in [-0.2, 0) is 9.53 Å². The van der Waals surface area contributed by atoms with Crippen LogP contribution in [0.5, 0.6) is 0 Å². The quantitative estimate of drug-likeness (QED) is 0.586. The number of hydrogen-bond acceptors (Lipinski definition) is 5. The number of alkyl halides is 1. The summed E-state index contributed by atoms with van der Waals surface area (Å²) in [6.07, 6.45) is 0.590. The molecule has 0 aliphatic rings. The largest absolute Gasteiger partial charge is 0.463 e. The predicted octanol–water partition coefficient (Wildman–Crippen LogP) is 2.46. The van der Waals surface area contributed by atoms with E-state index in [0.717, 1.165) is 0 Å². The van der Waals surface area contributed by atoms with E-state index in [0.29, 0.717) is 18.6 Å². The van der Waals surface area contributed by atoms with E-state index in [1.165, 1.54) is 13.0 Å². The first-order valence-electron chi connectivity index (χ1n) is 5.43. The van der Waals surface area contributed by atoms with Gasteiger partial charge < -0.3 is 9.26 Å². The minimum atomic E-state index is -1.30. The Bertz CT molecular complexity index is 413. The van der Waals surface area contributed by atoms with E-state index < -0.39 is 12.1 Å². The zero-order valence-corrected chi connectivity index (χ0v) is 10.1. The van der Waals surface area contributed by atoms with Crippen LogP contribution in [0, 0.1) is 0 Å². The number of ether oxygens (including phenoxy) is 1. The van der Waals surface area contributed by atoms with Crippen molar-refractivity contribution in [3.63, 3.8) is 0 Å². The summed E-state index contributed by atoms with van der Waals surface area (Å²) in [4.78, 5) is 15.3. The van der Waals surface area contributed by atoms with Crippen LogP contribution < -0.4 is 0 Å². The average Bonchev–Trinajstić information content (AvgIpc) is 2.74. The van der Waals surface area contributed by atoms with Gasteiger partial charge in [0.15, 0.2) is 6.17 Å². The highest BCUT2D eigenvalue weighted by molar-refractivity contribution is 5.92. The molecular weight excluding hydrogens is 227 g/mol. The lowest BCUT2D eigenvalue weighted by atomic mass is 10.2. The Morgan fingerprint density at radius 1 is 1.59 bits per heavy atom. The molecule has 0 aliphatic carbocycles. The monoisotopic (exact) mass is 242 g/mol. The smallest absolute Gasteiger partial charge is 0.334 e. The molecule has 0 aliphatic heterocycles. The van der Waals surface area contributed by atoms with Crippen LogP contribution >= 0.6 is 0 Å². The molecule has 0 unspecified atom stereocenters. The van der Waals surface area contributed by atoms with Crippen molar-refractivity contribution in [2.75, 3.05) is 6.61 Å². The zero-order valence-electron chi connectivity index (χ0n) is 10.1. The molecule has 0 bridgehead atoms. The maximum atomic E-state index is 12.8. The molecule has 0 aromatic carbocycles. The molecule has 0 radical (unpaired) electrons. The summed E-state index contributed by atoms with van der Waals surface area (Å²) in [6.45, 7) is 5.13. The fourth-order valence-corrected chi connectivity index (χ4v) is 1.15. The number of rotatable bonds is 5. The summed E-state index contributed by atoms with van der Waals surface area (Å²) in [5, 5.41) is 3.45. The molecule has 0 spiro atoms. The highest BCUT2D eigenvalue weighted by Crippen LogP contribution is 2.15. The maximum Gasteiger partial charge on any atom is 0.334 e. The first-order chi connectivity index (χ1) is 8.08. The van der Waals surface area contributed by atoms with Gasteiger partial charge in [0.05, 0.1) is 6.61 Å². The summed E-state index contributed by atoms with van der Waals surface area (Å²) >= 11 is 0. The van der Waals surface area contributed by atoms with Crippen molar-refractivity contribution in [3.05, 3.63) is 17.3 Å². The van der Waals surface area contributed by atoms with E-state index in [1.54, 1.807) is 13.8 Å². The van der Waals surface area contributed by atoms with Crippen molar-refractivity contribution in [2.45, 2.75) is 33.4 Å². The van der Waals surface area contributed by atoms with E-state index in [2.05, 4.69) is 10.1 Å². The highest BCUT2D eigenvalue weighted by atomic mass is 19.1. The van der Waals surface area contributed by atoms with Crippen LogP contribution in [0.15, 0.2) is 10.1 Å². The van der Waals surface area contributed by atoms with Gasteiger partial charge in [-0.25, -0.2) is 9.18 Å². The van der Waals surface area contributed by atoms with Crippen molar-refractivity contribution in [3.8, 4) is 0 Å². The average molecular weight is 242 g/mol. The molecule has 1 aromatic rings. The molecule has 5 nitrogen and oxygen atoms in total. The molecule has 17 heavy (non-hydrogen) atoms. The van der Waals surface area contributed by atoms with Gasteiger partial charge in [-0.2, -0.15) is 4.98 Å². The van der Waals surface area contributed by atoms with Crippen molar-refractivity contribution < 1.29 is 18.4 Å². The molecular formula is C11H15FN2O3. The first kappa shape index (κ1) is 13.3. The van der Waals surface area contributed by atoms with Gasteiger partial charge in [0.1, 0.15) is 0 Å². The molecule has 1 aromatic heterocycles. The van der Waals surface area contributed by atoms with Crippen molar-refractivity contribution in [1.82, 2.24) is 10.1 Å². The molecule has 1 rings (SSSR count). The normalized spacial score (nSPS) is 13.5. The Labute approximate surface area is 98.7 Å².